The molecule has 110 valence electrons. The van der Waals surface area contributed by atoms with Crippen LogP contribution in [0.15, 0.2) is 41.0 Å². The molecule has 8 heteroatoms. The van der Waals surface area contributed by atoms with Crippen molar-refractivity contribution in [2.75, 3.05) is 6.79 Å². The highest BCUT2D eigenvalue weighted by molar-refractivity contribution is 5.92. The number of carbonyl (C=O) groups is 1. The van der Waals surface area contributed by atoms with Crippen molar-refractivity contribution in [2.45, 2.75) is 0 Å². The molecule has 1 aliphatic heterocycles. The van der Waals surface area contributed by atoms with E-state index in [0.717, 1.165) is 0 Å². The van der Waals surface area contributed by atoms with Crippen molar-refractivity contribution in [3.63, 3.8) is 0 Å². The topological polar surface area (TPSA) is 99.6 Å². The van der Waals surface area contributed by atoms with Crippen LogP contribution in [-0.4, -0.2) is 32.9 Å². The molecule has 0 saturated heterocycles. The average Bonchev–Trinajstić information content (AvgIpc) is 3.25. The van der Waals surface area contributed by atoms with Gasteiger partial charge in [-0.3, -0.25) is 0 Å². The number of rotatable bonds is 3. The number of ether oxygens (including phenoxy) is 2. The van der Waals surface area contributed by atoms with Crippen molar-refractivity contribution < 1.29 is 23.8 Å². The first-order valence-electron chi connectivity index (χ1n) is 6.37. The Kier molecular flexibility index (Phi) is 2.62. The van der Waals surface area contributed by atoms with E-state index >= 15 is 0 Å². The van der Waals surface area contributed by atoms with Gasteiger partial charge in [0.05, 0.1) is 12.0 Å². The monoisotopic (exact) mass is 299 g/mol. The van der Waals surface area contributed by atoms with E-state index in [4.69, 9.17) is 13.9 Å². The molecule has 4 rings (SSSR count). The summed E-state index contributed by atoms with van der Waals surface area (Å²) in [4.78, 5) is 11.3. The molecule has 0 bridgehead atoms. The summed E-state index contributed by atoms with van der Waals surface area (Å²) >= 11 is 0. The van der Waals surface area contributed by atoms with Gasteiger partial charge in [-0.1, -0.05) is 5.21 Å². The van der Waals surface area contributed by atoms with E-state index in [2.05, 4.69) is 10.3 Å². The number of aromatic carboxylic acids is 1. The summed E-state index contributed by atoms with van der Waals surface area (Å²) in [5.41, 5.74) is 0.666. The third-order valence-electron chi connectivity index (χ3n) is 3.23. The van der Waals surface area contributed by atoms with Gasteiger partial charge in [0.15, 0.2) is 17.3 Å². The molecular formula is C14H9N3O5. The number of carboxylic acids is 1. The fourth-order valence-corrected chi connectivity index (χ4v) is 2.26. The van der Waals surface area contributed by atoms with Crippen LogP contribution in [0, 0.1) is 0 Å². The lowest BCUT2D eigenvalue weighted by Crippen LogP contribution is -2.02. The zero-order chi connectivity index (χ0) is 15.1. The maximum Gasteiger partial charge on any atom is 0.358 e. The molecule has 0 radical (unpaired) electrons. The fraction of sp³-hybridized carbons (Fsp3) is 0.0714. The molecule has 8 nitrogen and oxygen atoms in total. The Morgan fingerprint density at radius 2 is 2.09 bits per heavy atom. The number of nitrogens with zero attached hydrogens (tertiary/aromatic N) is 3. The molecule has 0 spiro atoms. The summed E-state index contributed by atoms with van der Waals surface area (Å²) in [6, 6.07) is 8.48. The van der Waals surface area contributed by atoms with E-state index in [-0.39, 0.29) is 18.2 Å². The molecule has 2 aromatic heterocycles. The van der Waals surface area contributed by atoms with Gasteiger partial charge < -0.3 is 19.0 Å². The van der Waals surface area contributed by atoms with Gasteiger partial charge in [-0.25, -0.2) is 9.48 Å². The lowest BCUT2D eigenvalue weighted by Gasteiger charge is -2.06. The van der Waals surface area contributed by atoms with Crippen LogP contribution in [0.25, 0.3) is 17.1 Å². The van der Waals surface area contributed by atoms with E-state index in [0.29, 0.717) is 22.9 Å². The van der Waals surface area contributed by atoms with Crippen molar-refractivity contribution in [3.8, 4) is 28.6 Å². The predicted molar refractivity (Wildman–Crippen MR) is 72.1 cm³/mol. The van der Waals surface area contributed by atoms with E-state index in [1.54, 1.807) is 30.3 Å². The highest BCUT2D eigenvalue weighted by atomic mass is 16.7. The first-order chi connectivity index (χ1) is 10.7. The molecule has 0 unspecified atom stereocenters. The minimum Gasteiger partial charge on any atom is -0.476 e. The lowest BCUT2D eigenvalue weighted by atomic mass is 10.2. The Labute approximate surface area is 123 Å². The van der Waals surface area contributed by atoms with Crippen LogP contribution in [-0.2, 0) is 0 Å². The lowest BCUT2D eigenvalue weighted by molar-refractivity contribution is 0.0691. The Balaban J connectivity index is 1.90. The van der Waals surface area contributed by atoms with Crippen LogP contribution in [0.4, 0.5) is 0 Å². The smallest absolute Gasteiger partial charge is 0.358 e. The van der Waals surface area contributed by atoms with Crippen molar-refractivity contribution in [3.05, 3.63) is 42.3 Å². The number of hydrogen-bond donors (Lipinski definition) is 1. The van der Waals surface area contributed by atoms with E-state index in [1.165, 1.54) is 10.9 Å². The van der Waals surface area contributed by atoms with Gasteiger partial charge in [0, 0.05) is 6.07 Å². The van der Waals surface area contributed by atoms with Crippen molar-refractivity contribution in [2.24, 2.45) is 0 Å². The third-order valence-corrected chi connectivity index (χ3v) is 3.23. The molecule has 0 fully saturated rings. The second-order valence-corrected chi connectivity index (χ2v) is 4.52. The van der Waals surface area contributed by atoms with Crippen molar-refractivity contribution >= 4 is 5.97 Å². The Morgan fingerprint density at radius 1 is 1.23 bits per heavy atom. The first kappa shape index (κ1) is 12.5. The summed E-state index contributed by atoms with van der Waals surface area (Å²) in [5, 5.41) is 16.9. The van der Waals surface area contributed by atoms with Crippen LogP contribution in [0.2, 0.25) is 0 Å². The van der Waals surface area contributed by atoms with Gasteiger partial charge in [-0.05, 0) is 24.3 Å². The minimum atomic E-state index is -1.18. The number of furan rings is 1. The van der Waals surface area contributed by atoms with E-state index in [1.807, 2.05) is 0 Å². The Morgan fingerprint density at radius 3 is 2.86 bits per heavy atom. The number of fused-ring (bicyclic) bond motifs is 1. The molecule has 0 saturated carbocycles. The van der Waals surface area contributed by atoms with Gasteiger partial charge in [-0.15, -0.1) is 5.10 Å². The molecule has 1 aromatic carbocycles. The van der Waals surface area contributed by atoms with Crippen LogP contribution < -0.4 is 9.47 Å². The average molecular weight is 299 g/mol. The quantitative estimate of drug-likeness (QED) is 0.789. The predicted octanol–water partition coefficient (Wildman–Crippen LogP) is 1.95. The zero-order valence-electron chi connectivity index (χ0n) is 11.1. The normalized spacial score (nSPS) is 12.5. The van der Waals surface area contributed by atoms with Crippen molar-refractivity contribution in [1.82, 2.24) is 15.0 Å². The van der Waals surface area contributed by atoms with Crippen LogP contribution in [0.3, 0.4) is 0 Å². The summed E-state index contributed by atoms with van der Waals surface area (Å²) in [6.07, 6.45) is 1.46. The molecule has 0 amide bonds. The summed E-state index contributed by atoms with van der Waals surface area (Å²) in [7, 11) is 0. The molecule has 22 heavy (non-hydrogen) atoms. The standard InChI is InChI=1S/C14H9N3O5/c18-14(19)12-13(10-2-1-5-20-10)17(16-15-12)8-3-4-9-11(6-8)22-7-21-9/h1-6H,7H2,(H,18,19). The molecule has 1 aliphatic rings. The fourth-order valence-electron chi connectivity index (χ4n) is 2.26. The van der Waals surface area contributed by atoms with Gasteiger partial charge in [0.25, 0.3) is 0 Å². The number of benzene rings is 1. The third kappa shape index (κ3) is 1.81. The second kappa shape index (κ2) is 4.62. The zero-order valence-corrected chi connectivity index (χ0v) is 11.1. The maximum absolute atomic E-state index is 11.3. The first-order valence-corrected chi connectivity index (χ1v) is 6.37. The van der Waals surface area contributed by atoms with E-state index < -0.39 is 5.97 Å². The molecule has 1 N–H and O–H groups in total. The Hall–Kier alpha value is -3.29. The van der Waals surface area contributed by atoms with Gasteiger partial charge >= 0.3 is 5.97 Å². The van der Waals surface area contributed by atoms with E-state index in [9.17, 15) is 9.90 Å². The summed E-state index contributed by atoms with van der Waals surface area (Å²) in [5.74, 6) is 0.371. The molecule has 3 aromatic rings. The van der Waals surface area contributed by atoms with Crippen LogP contribution >= 0.6 is 0 Å². The van der Waals surface area contributed by atoms with Crippen LogP contribution in [0.1, 0.15) is 10.5 Å². The van der Waals surface area contributed by atoms with Gasteiger partial charge in [0.2, 0.25) is 12.5 Å². The number of carboxylic acid groups (broad SMARTS) is 1. The maximum atomic E-state index is 11.3. The molecule has 3 heterocycles. The summed E-state index contributed by atoms with van der Waals surface area (Å²) < 4.78 is 17.3. The van der Waals surface area contributed by atoms with Gasteiger partial charge in [0.1, 0.15) is 5.69 Å². The largest absolute Gasteiger partial charge is 0.476 e. The van der Waals surface area contributed by atoms with Crippen molar-refractivity contribution in [1.29, 1.82) is 0 Å². The molecule has 0 atom stereocenters. The van der Waals surface area contributed by atoms with Gasteiger partial charge in [-0.2, -0.15) is 0 Å². The highest BCUT2D eigenvalue weighted by Gasteiger charge is 2.24. The van der Waals surface area contributed by atoms with Crippen LogP contribution in [0.5, 0.6) is 11.5 Å². The molecule has 0 aliphatic carbocycles. The number of aromatic nitrogens is 3. The summed E-state index contributed by atoms with van der Waals surface area (Å²) in [6.45, 7) is 0.154. The number of hydrogen-bond acceptors (Lipinski definition) is 6. The molecular weight excluding hydrogens is 290 g/mol. The minimum absolute atomic E-state index is 0.154. The SMILES string of the molecule is O=C(O)c1nnn(-c2ccc3c(c2)OCO3)c1-c1ccco1. The Bertz CT molecular complexity index is 853. The highest BCUT2D eigenvalue weighted by Crippen LogP contribution is 2.35. The second-order valence-electron chi connectivity index (χ2n) is 4.52.